The summed E-state index contributed by atoms with van der Waals surface area (Å²) >= 11 is 0. The Hall–Kier alpha value is -2.64. The number of rotatable bonds is 5. The first-order chi connectivity index (χ1) is 12.1. The lowest BCUT2D eigenvalue weighted by Gasteiger charge is -2.17. The Balaban J connectivity index is 1.62. The van der Waals surface area contributed by atoms with Gasteiger partial charge in [0, 0.05) is 25.4 Å². The number of carbonyl (C=O) groups excluding carboxylic acids is 1. The molecule has 0 fully saturated rings. The molecule has 1 N–H and O–H groups in total. The molecule has 0 aliphatic carbocycles. The Kier molecular flexibility index (Phi) is 5.16. The summed E-state index contributed by atoms with van der Waals surface area (Å²) in [7, 11) is 3.23. The number of ether oxygens (including phenoxy) is 2. The van der Waals surface area contributed by atoms with E-state index >= 15 is 0 Å². The summed E-state index contributed by atoms with van der Waals surface area (Å²) in [6, 6.07) is 3.81. The molecular formula is C17H23N5O3. The van der Waals surface area contributed by atoms with Crippen molar-refractivity contribution in [2.24, 2.45) is 5.92 Å². The smallest absolute Gasteiger partial charge is 0.223 e. The van der Waals surface area contributed by atoms with E-state index in [2.05, 4.69) is 20.8 Å². The predicted molar refractivity (Wildman–Crippen MR) is 90.4 cm³/mol. The van der Waals surface area contributed by atoms with Crippen molar-refractivity contribution in [1.82, 2.24) is 25.5 Å². The maximum atomic E-state index is 12.6. The standard InChI is InChI=1S/C17H23N5O3/c1-11-13(4-6-14(24-2)16(11)25-3)10-18-17(23)12-5-7-15-19-20-21-22(15)9-8-12/h4,6,12H,5,7-10H2,1-3H3,(H,18,23). The Morgan fingerprint density at radius 3 is 2.92 bits per heavy atom. The van der Waals surface area contributed by atoms with Gasteiger partial charge in [0.15, 0.2) is 17.3 Å². The van der Waals surface area contributed by atoms with Crippen molar-refractivity contribution in [3.63, 3.8) is 0 Å². The molecule has 1 amide bonds. The minimum Gasteiger partial charge on any atom is -0.493 e. The number of nitrogens with one attached hydrogen (secondary N) is 1. The number of hydrogen-bond acceptors (Lipinski definition) is 6. The SMILES string of the molecule is COc1ccc(CNC(=O)C2CCc3nnnn3CC2)c(C)c1OC. The van der Waals surface area contributed by atoms with Crippen molar-refractivity contribution in [2.75, 3.05) is 14.2 Å². The second-order valence-corrected chi connectivity index (χ2v) is 6.15. The number of amides is 1. The Morgan fingerprint density at radius 1 is 1.32 bits per heavy atom. The molecule has 25 heavy (non-hydrogen) atoms. The number of hydrogen-bond donors (Lipinski definition) is 1. The predicted octanol–water partition coefficient (Wildman–Crippen LogP) is 1.27. The molecule has 3 rings (SSSR count). The molecule has 1 atom stereocenters. The van der Waals surface area contributed by atoms with E-state index in [1.54, 1.807) is 18.9 Å². The summed E-state index contributed by atoms with van der Waals surface area (Å²) in [6.07, 6.45) is 2.23. The van der Waals surface area contributed by atoms with Crippen LogP contribution in [0.1, 0.15) is 29.8 Å². The highest BCUT2D eigenvalue weighted by Crippen LogP contribution is 2.32. The fraction of sp³-hybridized carbons (Fsp3) is 0.529. The van der Waals surface area contributed by atoms with Crippen LogP contribution < -0.4 is 14.8 Å². The number of methoxy groups -OCH3 is 2. The monoisotopic (exact) mass is 345 g/mol. The fourth-order valence-corrected chi connectivity index (χ4v) is 3.20. The van der Waals surface area contributed by atoms with Crippen LogP contribution in [0, 0.1) is 12.8 Å². The van der Waals surface area contributed by atoms with Gasteiger partial charge in [-0.1, -0.05) is 6.07 Å². The van der Waals surface area contributed by atoms with Gasteiger partial charge >= 0.3 is 0 Å². The fourth-order valence-electron chi connectivity index (χ4n) is 3.20. The zero-order chi connectivity index (χ0) is 17.8. The van der Waals surface area contributed by atoms with E-state index in [1.165, 1.54) is 0 Å². The third kappa shape index (κ3) is 3.57. The van der Waals surface area contributed by atoms with Crippen LogP contribution in [0.3, 0.4) is 0 Å². The van der Waals surface area contributed by atoms with Crippen molar-refractivity contribution < 1.29 is 14.3 Å². The highest BCUT2D eigenvalue weighted by Gasteiger charge is 2.24. The lowest BCUT2D eigenvalue weighted by atomic mass is 9.99. The average Bonchev–Trinajstić information content (AvgIpc) is 2.98. The lowest BCUT2D eigenvalue weighted by molar-refractivity contribution is -0.125. The van der Waals surface area contributed by atoms with Gasteiger partial charge in [-0.05, 0) is 47.4 Å². The molecule has 8 nitrogen and oxygen atoms in total. The summed E-state index contributed by atoms with van der Waals surface area (Å²) in [6.45, 7) is 3.10. The molecule has 0 saturated heterocycles. The van der Waals surface area contributed by atoms with Gasteiger partial charge in [0.05, 0.1) is 14.2 Å². The molecule has 1 aliphatic heterocycles. The van der Waals surface area contributed by atoms with Crippen molar-refractivity contribution in [2.45, 2.75) is 39.3 Å². The van der Waals surface area contributed by atoms with Gasteiger partial charge in [-0.3, -0.25) is 4.79 Å². The second-order valence-electron chi connectivity index (χ2n) is 6.15. The molecular weight excluding hydrogens is 322 g/mol. The Bertz CT molecular complexity index is 736. The van der Waals surface area contributed by atoms with Crippen LogP contribution in [0.15, 0.2) is 12.1 Å². The van der Waals surface area contributed by atoms with Crippen LogP contribution in [-0.4, -0.2) is 40.3 Å². The van der Waals surface area contributed by atoms with Gasteiger partial charge in [-0.15, -0.1) is 5.10 Å². The van der Waals surface area contributed by atoms with E-state index < -0.39 is 0 Å². The number of nitrogens with zero attached hydrogens (tertiary/aromatic N) is 4. The van der Waals surface area contributed by atoms with Gasteiger partial charge in [0.2, 0.25) is 5.91 Å². The Labute approximate surface area is 146 Å². The minimum atomic E-state index is -0.0380. The molecule has 1 unspecified atom stereocenters. The third-order valence-electron chi connectivity index (χ3n) is 4.74. The van der Waals surface area contributed by atoms with E-state index in [0.717, 1.165) is 36.2 Å². The maximum Gasteiger partial charge on any atom is 0.223 e. The van der Waals surface area contributed by atoms with Crippen molar-refractivity contribution in [1.29, 1.82) is 0 Å². The highest BCUT2D eigenvalue weighted by molar-refractivity contribution is 5.78. The van der Waals surface area contributed by atoms with Gasteiger partial charge in [-0.25, -0.2) is 4.68 Å². The largest absolute Gasteiger partial charge is 0.493 e. The van der Waals surface area contributed by atoms with Crippen LogP contribution in [0.25, 0.3) is 0 Å². The van der Waals surface area contributed by atoms with Gasteiger partial charge < -0.3 is 14.8 Å². The Morgan fingerprint density at radius 2 is 2.16 bits per heavy atom. The number of benzene rings is 1. The van der Waals surface area contributed by atoms with E-state index in [-0.39, 0.29) is 11.8 Å². The molecule has 0 spiro atoms. The molecule has 1 aromatic carbocycles. The normalized spacial score (nSPS) is 16.7. The van der Waals surface area contributed by atoms with Gasteiger partial charge in [0.25, 0.3) is 0 Å². The molecule has 1 aromatic heterocycles. The maximum absolute atomic E-state index is 12.6. The van der Waals surface area contributed by atoms with Crippen LogP contribution in [0.5, 0.6) is 11.5 Å². The summed E-state index contributed by atoms with van der Waals surface area (Å²) in [4.78, 5) is 12.6. The first-order valence-corrected chi connectivity index (χ1v) is 8.37. The molecule has 1 aliphatic rings. The van der Waals surface area contributed by atoms with Crippen molar-refractivity contribution in [3.8, 4) is 11.5 Å². The van der Waals surface area contributed by atoms with E-state index in [1.807, 2.05) is 19.1 Å². The molecule has 0 saturated carbocycles. The van der Waals surface area contributed by atoms with E-state index in [0.29, 0.717) is 24.6 Å². The second kappa shape index (κ2) is 7.50. The third-order valence-corrected chi connectivity index (χ3v) is 4.74. The zero-order valence-electron chi connectivity index (χ0n) is 14.8. The molecule has 2 aromatic rings. The lowest BCUT2D eigenvalue weighted by Crippen LogP contribution is -2.31. The van der Waals surface area contributed by atoms with E-state index in [9.17, 15) is 4.79 Å². The van der Waals surface area contributed by atoms with Crippen molar-refractivity contribution in [3.05, 3.63) is 29.1 Å². The summed E-state index contributed by atoms with van der Waals surface area (Å²) in [5.41, 5.74) is 1.98. The molecule has 134 valence electrons. The highest BCUT2D eigenvalue weighted by atomic mass is 16.5. The first-order valence-electron chi connectivity index (χ1n) is 8.37. The molecule has 0 radical (unpaired) electrons. The summed E-state index contributed by atoms with van der Waals surface area (Å²) < 4.78 is 12.5. The number of fused-ring (bicyclic) bond motifs is 1. The van der Waals surface area contributed by atoms with Crippen LogP contribution in [-0.2, 0) is 24.3 Å². The number of tetrazole rings is 1. The van der Waals surface area contributed by atoms with Crippen LogP contribution in [0.2, 0.25) is 0 Å². The van der Waals surface area contributed by atoms with Gasteiger partial charge in [0.1, 0.15) is 0 Å². The summed E-state index contributed by atoms with van der Waals surface area (Å²) in [5.74, 6) is 2.27. The zero-order valence-corrected chi connectivity index (χ0v) is 14.8. The quantitative estimate of drug-likeness (QED) is 0.877. The van der Waals surface area contributed by atoms with Crippen LogP contribution >= 0.6 is 0 Å². The molecule has 2 heterocycles. The summed E-state index contributed by atoms with van der Waals surface area (Å²) in [5, 5.41) is 14.7. The van der Waals surface area contributed by atoms with Crippen molar-refractivity contribution >= 4 is 5.91 Å². The molecule has 8 heteroatoms. The number of aryl methyl sites for hydroxylation is 2. The first kappa shape index (κ1) is 17.2. The van der Waals surface area contributed by atoms with Gasteiger partial charge in [-0.2, -0.15) is 0 Å². The minimum absolute atomic E-state index is 0.0380. The van der Waals surface area contributed by atoms with E-state index in [4.69, 9.17) is 9.47 Å². The average molecular weight is 345 g/mol. The molecule has 0 bridgehead atoms. The number of carbonyl (C=O) groups is 1. The topological polar surface area (TPSA) is 91.2 Å². The number of aromatic nitrogens is 4. The van der Waals surface area contributed by atoms with Crippen LogP contribution in [0.4, 0.5) is 0 Å².